The fourth-order valence-electron chi connectivity index (χ4n) is 1.81. The number of aromatic carboxylic acids is 1. The number of carboxylic acid groups (broad SMARTS) is 1. The van der Waals surface area contributed by atoms with Crippen LogP contribution in [-0.2, 0) is 4.79 Å². The molecular formula is C16H10F3NO5. The maximum absolute atomic E-state index is 12.1. The molecule has 0 unspecified atom stereocenters. The van der Waals surface area contributed by atoms with Gasteiger partial charge in [0.2, 0.25) is 0 Å². The monoisotopic (exact) mass is 353 g/mol. The van der Waals surface area contributed by atoms with Crippen molar-refractivity contribution in [1.29, 1.82) is 0 Å². The maximum Gasteiger partial charge on any atom is 0.491 e. The Bertz CT molecular complexity index is 815. The Morgan fingerprint density at radius 2 is 1.56 bits per heavy atom. The highest BCUT2D eigenvalue weighted by molar-refractivity contribution is 6.07. The molecule has 0 bridgehead atoms. The number of para-hydroxylation sites is 1. The molecule has 0 saturated heterocycles. The average molecular weight is 353 g/mol. The zero-order chi connectivity index (χ0) is 18.6. The van der Waals surface area contributed by atoms with Crippen LogP contribution in [0.4, 0.5) is 18.9 Å². The summed E-state index contributed by atoms with van der Waals surface area (Å²) in [4.78, 5) is 33.9. The van der Waals surface area contributed by atoms with Crippen LogP contribution in [0.3, 0.4) is 0 Å². The largest absolute Gasteiger partial charge is 0.491 e. The number of hydrogen-bond donors (Lipinski definition) is 2. The minimum atomic E-state index is -5.13. The van der Waals surface area contributed by atoms with E-state index in [4.69, 9.17) is 5.11 Å². The van der Waals surface area contributed by atoms with Gasteiger partial charge in [-0.05, 0) is 36.4 Å². The molecule has 0 spiro atoms. The van der Waals surface area contributed by atoms with Crippen LogP contribution in [0.1, 0.15) is 20.7 Å². The van der Waals surface area contributed by atoms with Crippen molar-refractivity contribution in [1.82, 2.24) is 0 Å². The van der Waals surface area contributed by atoms with E-state index >= 15 is 0 Å². The summed E-state index contributed by atoms with van der Waals surface area (Å²) >= 11 is 0. The average Bonchev–Trinajstić information content (AvgIpc) is 2.54. The Kier molecular flexibility index (Phi) is 5.06. The topological polar surface area (TPSA) is 92.7 Å². The fourth-order valence-corrected chi connectivity index (χ4v) is 1.81. The molecular weight excluding hydrogens is 343 g/mol. The lowest BCUT2D eigenvalue weighted by atomic mass is 10.1. The summed E-state index contributed by atoms with van der Waals surface area (Å²) in [6.45, 7) is 0. The van der Waals surface area contributed by atoms with E-state index < -0.39 is 24.0 Å². The van der Waals surface area contributed by atoms with Gasteiger partial charge in [-0.3, -0.25) is 4.79 Å². The summed E-state index contributed by atoms with van der Waals surface area (Å²) in [5, 5.41) is 11.4. The number of carboxylic acids is 1. The molecule has 2 aromatic carbocycles. The molecule has 0 aliphatic rings. The third-order valence-corrected chi connectivity index (χ3v) is 2.96. The number of rotatable bonds is 4. The van der Waals surface area contributed by atoms with Crippen molar-refractivity contribution in [3.8, 4) is 5.75 Å². The fraction of sp³-hybridized carbons (Fsp3) is 0.0625. The summed E-state index contributed by atoms with van der Waals surface area (Å²) in [7, 11) is 0. The van der Waals surface area contributed by atoms with Gasteiger partial charge >= 0.3 is 18.1 Å². The van der Waals surface area contributed by atoms with E-state index in [0.717, 1.165) is 24.3 Å². The Balaban J connectivity index is 2.11. The molecule has 0 atom stereocenters. The molecule has 130 valence electrons. The standard InChI is InChI=1S/C16H10F3NO5/c17-16(18,19)15(24)25-10-7-5-9(6-8-10)13(21)20-12-4-2-1-3-11(12)14(22)23/h1-8H,(H,20,21)(H,22,23). The van der Waals surface area contributed by atoms with E-state index in [1.54, 1.807) is 0 Å². The molecule has 0 aliphatic heterocycles. The molecule has 1 amide bonds. The molecule has 0 saturated carbocycles. The molecule has 0 fully saturated rings. The predicted octanol–water partition coefficient (Wildman–Crippen LogP) is 3.10. The van der Waals surface area contributed by atoms with E-state index in [2.05, 4.69) is 10.1 Å². The van der Waals surface area contributed by atoms with Gasteiger partial charge in [0.1, 0.15) is 5.75 Å². The van der Waals surface area contributed by atoms with Crippen molar-refractivity contribution in [3.05, 3.63) is 59.7 Å². The van der Waals surface area contributed by atoms with Gasteiger partial charge < -0.3 is 15.2 Å². The van der Waals surface area contributed by atoms with Gasteiger partial charge in [0.15, 0.2) is 0 Å². The second-order valence-corrected chi connectivity index (χ2v) is 4.72. The number of halogens is 3. The van der Waals surface area contributed by atoms with Crippen LogP contribution in [0.25, 0.3) is 0 Å². The SMILES string of the molecule is O=C(Nc1ccccc1C(=O)O)c1ccc(OC(=O)C(F)(F)F)cc1. The molecule has 6 nitrogen and oxygen atoms in total. The highest BCUT2D eigenvalue weighted by atomic mass is 19.4. The molecule has 0 aliphatic carbocycles. The molecule has 2 aromatic rings. The Hall–Kier alpha value is -3.36. The third kappa shape index (κ3) is 4.56. The summed E-state index contributed by atoms with van der Waals surface area (Å²) in [5.74, 6) is -4.67. The molecule has 2 N–H and O–H groups in total. The highest BCUT2D eigenvalue weighted by Gasteiger charge is 2.41. The molecule has 0 radical (unpaired) electrons. The van der Waals surface area contributed by atoms with Crippen LogP contribution in [0, 0.1) is 0 Å². The van der Waals surface area contributed by atoms with Crippen molar-refractivity contribution in [2.24, 2.45) is 0 Å². The van der Waals surface area contributed by atoms with Gasteiger partial charge in [0.05, 0.1) is 11.3 Å². The molecule has 25 heavy (non-hydrogen) atoms. The smallest absolute Gasteiger partial charge is 0.478 e. The van der Waals surface area contributed by atoms with E-state index in [9.17, 15) is 27.6 Å². The van der Waals surface area contributed by atoms with Crippen LogP contribution >= 0.6 is 0 Å². The van der Waals surface area contributed by atoms with Gasteiger partial charge in [-0.15, -0.1) is 0 Å². The zero-order valence-electron chi connectivity index (χ0n) is 12.3. The third-order valence-electron chi connectivity index (χ3n) is 2.96. The lowest BCUT2D eigenvalue weighted by molar-refractivity contribution is -0.189. The minimum Gasteiger partial charge on any atom is -0.478 e. The van der Waals surface area contributed by atoms with Gasteiger partial charge in [-0.2, -0.15) is 13.2 Å². The van der Waals surface area contributed by atoms with Gasteiger partial charge in [-0.25, -0.2) is 9.59 Å². The first-order valence-electron chi connectivity index (χ1n) is 6.71. The molecule has 9 heteroatoms. The Morgan fingerprint density at radius 3 is 2.12 bits per heavy atom. The number of ether oxygens (including phenoxy) is 1. The predicted molar refractivity (Wildman–Crippen MR) is 79.5 cm³/mol. The summed E-state index contributed by atoms with van der Waals surface area (Å²) in [5.41, 5.74) is -0.0221. The first-order chi connectivity index (χ1) is 11.7. The second-order valence-electron chi connectivity index (χ2n) is 4.72. The van der Waals surface area contributed by atoms with Crippen molar-refractivity contribution < 1.29 is 37.4 Å². The van der Waals surface area contributed by atoms with Crippen LogP contribution < -0.4 is 10.1 Å². The number of amides is 1. The first-order valence-corrected chi connectivity index (χ1v) is 6.71. The first kappa shape index (κ1) is 18.0. The Labute approximate surface area is 138 Å². The lowest BCUT2D eigenvalue weighted by Gasteiger charge is -2.09. The van der Waals surface area contributed by atoms with Crippen LogP contribution in [0.5, 0.6) is 5.75 Å². The van der Waals surface area contributed by atoms with Gasteiger partial charge in [-0.1, -0.05) is 12.1 Å². The van der Waals surface area contributed by atoms with Crippen molar-refractivity contribution in [2.45, 2.75) is 6.18 Å². The molecule has 2 rings (SSSR count). The van der Waals surface area contributed by atoms with Crippen molar-refractivity contribution in [3.63, 3.8) is 0 Å². The number of hydrogen-bond acceptors (Lipinski definition) is 4. The number of anilines is 1. The van der Waals surface area contributed by atoms with E-state index in [0.29, 0.717) is 0 Å². The summed E-state index contributed by atoms with van der Waals surface area (Å²) in [6.07, 6.45) is -5.13. The van der Waals surface area contributed by atoms with E-state index in [1.165, 1.54) is 24.3 Å². The molecule has 0 heterocycles. The summed E-state index contributed by atoms with van der Waals surface area (Å²) < 4.78 is 40.4. The van der Waals surface area contributed by atoms with Crippen LogP contribution in [0.2, 0.25) is 0 Å². The van der Waals surface area contributed by atoms with Crippen LogP contribution in [-0.4, -0.2) is 29.1 Å². The second kappa shape index (κ2) is 7.04. The quantitative estimate of drug-likeness (QED) is 0.651. The number of alkyl halides is 3. The van der Waals surface area contributed by atoms with Crippen LogP contribution in [0.15, 0.2) is 48.5 Å². The number of benzene rings is 2. The lowest BCUT2D eigenvalue weighted by Crippen LogP contribution is -2.27. The summed E-state index contributed by atoms with van der Waals surface area (Å²) in [6, 6.07) is 10.0. The van der Waals surface area contributed by atoms with E-state index in [1.807, 2.05) is 0 Å². The van der Waals surface area contributed by atoms with Crippen molar-refractivity contribution >= 4 is 23.5 Å². The molecule has 0 aromatic heterocycles. The zero-order valence-corrected chi connectivity index (χ0v) is 12.3. The van der Waals surface area contributed by atoms with Crippen molar-refractivity contribution in [2.75, 3.05) is 5.32 Å². The number of nitrogens with one attached hydrogen (secondary N) is 1. The maximum atomic E-state index is 12.1. The highest BCUT2D eigenvalue weighted by Crippen LogP contribution is 2.21. The number of carbonyl (C=O) groups excluding carboxylic acids is 2. The van der Waals surface area contributed by atoms with Gasteiger partial charge in [0, 0.05) is 5.56 Å². The minimum absolute atomic E-state index is 0.0343. The number of carbonyl (C=O) groups is 3. The Morgan fingerprint density at radius 1 is 0.960 bits per heavy atom. The van der Waals surface area contributed by atoms with Gasteiger partial charge in [0.25, 0.3) is 5.91 Å². The number of esters is 1. The normalized spacial score (nSPS) is 10.8. The van der Waals surface area contributed by atoms with E-state index in [-0.39, 0.29) is 22.6 Å².